The number of benzene rings is 1. The summed E-state index contributed by atoms with van der Waals surface area (Å²) >= 11 is 0. The molecule has 98 valence electrons. The van der Waals surface area contributed by atoms with Gasteiger partial charge in [-0.2, -0.15) is 0 Å². The zero-order chi connectivity index (χ0) is 13.4. The van der Waals surface area contributed by atoms with Gasteiger partial charge in [0.2, 0.25) is 0 Å². The fraction of sp³-hybridized carbons (Fsp3) is 0.471. The smallest absolute Gasteiger partial charge is 0.135 e. The summed E-state index contributed by atoms with van der Waals surface area (Å²) in [7, 11) is 0. The SMILES string of the molecule is C/C(=C\CCC(=O)C(C)C)CCc1ccccc1. The lowest BCUT2D eigenvalue weighted by Gasteiger charge is -2.04. The summed E-state index contributed by atoms with van der Waals surface area (Å²) in [6.45, 7) is 6.09. The van der Waals surface area contributed by atoms with E-state index in [4.69, 9.17) is 0 Å². The summed E-state index contributed by atoms with van der Waals surface area (Å²) < 4.78 is 0. The molecule has 1 heteroatoms. The summed E-state index contributed by atoms with van der Waals surface area (Å²) in [4.78, 5) is 11.5. The average Bonchev–Trinajstić information content (AvgIpc) is 2.37. The van der Waals surface area contributed by atoms with Crippen molar-refractivity contribution >= 4 is 5.78 Å². The topological polar surface area (TPSA) is 17.1 Å². The van der Waals surface area contributed by atoms with Crippen LogP contribution < -0.4 is 0 Å². The van der Waals surface area contributed by atoms with Crippen molar-refractivity contribution in [2.75, 3.05) is 0 Å². The number of hydrogen-bond acceptors (Lipinski definition) is 1. The van der Waals surface area contributed by atoms with Crippen LogP contribution >= 0.6 is 0 Å². The van der Waals surface area contributed by atoms with Crippen LogP contribution in [0.15, 0.2) is 42.0 Å². The average molecular weight is 244 g/mol. The largest absolute Gasteiger partial charge is 0.299 e. The molecule has 0 heterocycles. The molecule has 0 spiro atoms. The predicted octanol–water partition coefficient (Wildman–Crippen LogP) is 4.57. The number of carbonyl (C=O) groups excluding carboxylic acids is 1. The monoisotopic (exact) mass is 244 g/mol. The van der Waals surface area contributed by atoms with E-state index in [1.165, 1.54) is 11.1 Å². The Kier molecular flexibility index (Phi) is 6.42. The summed E-state index contributed by atoms with van der Waals surface area (Å²) in [5.41, 5.74) is 2.76. The molecule has 0 saturated carbocycles. The van der Waals surface area contributed by atoms with Gasteiger partial charge in [-0.3, -0.25) is 4.79 Å². The Bertz CT molecular complexity index is 387. The first-order chi connectivity index (χ1) is 8.59. The van der Waals surface area contributed by atoms with Crippen LogP contribution in [0.5, 0.6) is 0 Å². The molecule has 0 atom stereocenters. The minimum Gasteiger partial charge on any atom is -0.299 e. The molecule has 0 unspecified atom stereocenters. The molecule has 1 aromatic carbocycles. The molecule has 0 fully saturated rings. The molecular formula is C17H24O. The third kappa shape index (κ3) is 5.81. The molecular weight excluding hydrogens is 220 g/mol. The highest BCUT2D eigenvalue weighted by Gasteiger charge is 2.05. The number of ketones is 1. The molecule has 0 N–H and O–H groups in total. The lowest BCUT2D eigenvalue weighted by Crippen LogP contribution is -2.05. The maximum absolute atomic E-state index is 11.5. The summed E-state index contributed by atoms with van der Waals surface area (Å²) in [6.07, 6.45) is 5.95. The van der Waals surface area contributed by atoms with Crippen LogP contribution in [0.1, 0.15) is 45.6 Å². The molecule has 18 heavy (non-hydrogen) atoms. The summed E-state index contributed by atoms with van der Waals surface area (Å²) in [5, 5.41) is 0. The van der Waals surface area contributed by atoms with Crippen molar-refractivity contribution in [2.45, 2.75) is 46.5 Å². The van der Waals surface area contributed by atoms with Gasteiger partial charge < -0.3 is 0 Å². The number of allylic oxidation sites excluding steroid dienone is 2. The highest BCUT2D eigenvalue weighted by Crippen LogP contribution is 2.11. The number of carbonyl (C=O) groups is 1. The molecule has 1 rings (SSSR count). The number of aryl methyl sites for hydroxylation is 1. The van der Waals surface area contributed by atoms with Gasteiger partial charge in [-0.15, -0.1) is 0 Å². The molecule has 0 bridgehead atoms. The lowest BCUT2D eigenvalue weighted by molar-refractivity contribution is -0.121. The van der Waals surface area contributed by atoms with Crippen molar-refractivity contribution in [1.29, 1.82) is 0 Å². The van der Waals surface area contributed by atoms with Gasteiger partial charge in [-0.05, 0) is 31.7 Å². The minimum atomic E-state index is 0.169. The van der Waals surface area contributed by atoms with Gasteiger partial charge >= 0.3 is 0 Å². The first kappa shape index (κ1) is 14.7. The van der Waals surface area contributed by atoms with Gasteiger partial charge in [0.1, 0.15) is 5.78 Å². The van der Waals surface area contributed by atoms with E-state index in [2.05, 4.69) is 37.3 Å². The van der Waals surface area contributed by atoms with Crippen LogP contribution in [0.2, 0.25) is 0 Å². The van der Waals surface area contributed by atoms with Crippen molar-refractivity contribution in [3.63, 3.8) is 0 Å². The van der Waals surface area contributed by atoms with Crippen molar-refractivity contribution in [2.24, 2.45) is 5.92 Å². The van der Waals surface area contributed by atoms with Crippen molar-refractivity contribution in [1.82, 2.24) is 0 Å². The Balaban J connectivity index is 2.28. The Labute approximate surface area is 111 Å². The highest BCUT2D eigenvalue weighted by atomic mass is 16.1. The van der Waals surface area contributed by atoms with E-state index < -0.39 is 0 Å². The second kappa shape index (κ2) is 7.86. The van der Waals surface area contributed by atoms with Crippen molar-refractivity contribution in [3.05, 3.63) is 47.5 Å². The second-order valence-electron chi connectivity index (χ2n) is 5.20. The zero-order valence-electron chi connectivity index (χ0n) is 11.8. The molecule has 0 saturated heterocycles. The zero-order valence-corrected chi connectivity index (χ0v) is 11.8. The molecule has 1 nitrogen and oxygen atoms in total. The maximum Gasteiger partial charge on any atom is 0.135 e. The summed E-state index contributed by atoms with van der Waals surface area (Å²) in [6, 6.07) is 10.5. The quantitative estimate of drug-likeness (QED) is 0.642. The standard InChI is InChI=1S/C17H24O/c1-14(2)17(18)11-7-8-15(3)12-13-16-9-5-4-6-10-16/h4-6,8-10,14H,7,11-13H2,1-3H3/b15-8+. The molecule has 0 aliphatic heterocycles. The van der Waals surface area contributed by atoms with E-state index >= 15 is 0 Å². The van der Waals surface area contributed by atoms with Gasteiger partial charge in [-0.25, -0.2) is 0 Å². The Morgan fingerprint density at radius 1 is 1.17 bits per heavy atom. The van der Waals surface area contributed by atoms with Crippen LogP contribution in [0.3, 0.4) is 0 Å². The first-order valence-electron chi connectivity index (χ1n) is 6.82. The predicted molar refractivity (Wildman–Crippen MR) is 77.6 cm³/mol. The van der Waals surface area contributed by atoms with Crippen LogP contribution in [0.4, 0.5) is 0 Å². The highest BCUT2D eigenvalue weighted by molar-refractivity contribution is 5.80. The maximum atomic E-state index is 11.5. The fourth-order valence-corrected chi connectivity index (χ4v) is 1.84. The lowest BCUT2D eigenvalue weighted by atomic mass is 10.0. The van der Waals surface area contributed by atoms with E-state index in [1.54, 1.807) is 0 Å². The van der Waals surface area contributed by atoms with Gasteiger partial charge in [-0.1, -0.05) is 55.8 Å². The third-order valence-electron chi connectivity index (χ3n) is 3.18. The molecule has 0 amide bonds. The van der Waals surface area contributed by atoms with Crippen molar-refractivity contribution < 1.29 is 4.79 Å². The Morgan fingerprint density at radius 2 is 1.83 bits per heavy atom. The normalized spacial score (nSPS) is 11.9. The van der Waals surface area contributed by atoms with Crippen LogP contribution in [-0.4, -0.2) is 5.78 Å². The fourth-order valence-electron chi connectivity index (χ4n) is 1.84. The first-order valence-corrected chi connectivity index (χ1v) is 6.82. The number of hydrogen-bond donors (Lipinski definition) is 0. The molecule has 0 aliphatic rings. The molecule has 0 radical (unpaired) electrons. The number of Topliss-reactive ketones (excluding diaryl/α,β-unsaturated/α-hetero) is 1. The molecule has 0 aliphatic carbocycles. The minimum absolute atomic E-state index is 0.169. The van der Waals surface area contributed by atoms with E-state index in [0.29, 0.717) is 12.2 Å². The number of rotatable bonds is 7. The van der Waals surface area contributed by atoms with Gasteiger partial charge in [0, 0.05) is 12.3 Å². The Hall–Kier alpha value is -1.37. The van der Waals surface area contributed by atoms with Crippen LogP contribution in [0.25, 0.3) is 0 Å². The van der Waals surface area contributed by atoms with Crippen LogP contribution in [-0.2, 0) is 11.2 Å². The van der Waals surface area contributed by atoms with Gasteiger partial charge in [0.25, 0.3) is 0 Å². The van der Waals surface area contributed by atoms with E-state index in [-0.39, 0.29) is 5.92 Å². The molecule has 1 aromatic rings. The van der Waals surface area contributed by atoms with Crippen LogP contribution in [0, 0.1) is 5.92 Å². The van der Waals surface area contributed by atoms with Gasteiger partial charge in [0.15, 0.2) is 0 Å². The van der Waals surface area contributed by atoms with E-state index in [1.807, 2.05) is 19.9 Å². The van der Waals surface area contributed by atoms with Gasteiger partial charge in [0.05, 0.1) is 0 Å². The van der Waals surface area contributed by atoms with E-state index in [0.717, 1.165) is 19.3 Å². The third-order valence-corrected chi connectivity index (χ3v) is 3.18. The molecule has 0 aromatic heterocycles. The second-order valence-corrected chi connectivity index (χ2v) is 5.20. The van der Waals surface area contributed by atoms with E-state index in [9.17, 15) is 4.79 Å². The van der Waals surface area contributed by atoms with Crippen molar-refractivity contribution in [3.8, 4) is 0 Å². The summed E-state index contributed by atoms with van der Waals surface area (Å²) in [5.74, 6) is 0.533. The Morgan fingerprint density at radius 3 is 2.44 bits per heavy atom.